The molecule has 0 atom stereocenters. The smallest absolute Gasteiger partial charge is 0.0257 e. The Hall–Kier alpha value is -2.64. The summed E-state index contributed by atoms with van der Waals surface area (Å²) in [6, 6.07) is 32.6. The van der Waals surface area contributed by atoms with Crippen LogP contribution in [-0.4, -0.2) is 0 Å². The second kappa shape index (κ2) is 6.26. The second-order valence-electron chi connectivity index (χ2n) is 6.69. The van der Waals surface area contributed by atoms with Crippen molar-refractivity contribution in [3.8, 4) is 33.4 Å². The summed E-state index contributed by atoms with van der Waals surface area (Å²) in [5.41, 5.74) is 10.7. The van der Waals surface area contributed by atoms with Crippen LogP contribution in [0.5, 0.6) is 0 Å². The van der Waals surface area contributed by atoms with Crippen molar-refractivity contribution in [1.82, 2.24) is 0 Å². The fourth-order valence-electron chi connectivity index (χ4n) is 4.04. The van der Waals surface area contributed by atoms with Crippen molar-refractivity contribution in [3.63, 3.8) is 0 Å². The lowest BCUT2D eigenvalue weighted by molar-refractivity contribution is 1.26. The van der Waals surface area contributed by atoms with Gasteiger partial charge in [0.05, 0.1) is 0 Å². The first-order chi connectivity index (χ1) is 12.8. The number of hydrogen-bond acceptors (Lipinski definition) is 0. The Morgan fingerprint density at radius 3 is 2.00 bits per heavy atom. The van der Waals surface area contributed by atoms with Crippen LogP contribution in [0.4, 0.5) is 0 Å². The van der Waals surface area contributed by atoms with Gasteiger partial charge in [-0.25, -0.2) is 0 Å². The van der Waals surface area contributed by atoms with E-state index in [1.165, 1.54) is 49.0 Å². The highest BCUT2D eigenvalue weighted by atomic mass is 79.9. The molecular weight excluding hydrogens is 380 g/mol. The molecule has 0 radical (unpaired) electrons. The zero-order valence-corrected chi connectivity index (χ0v) is 15.8. The molecule has 0 heterocycles. The molecule has 4 aromatic rings. The summed E-state index contributed by atoms with van der Waals surface area (Å²) in [6.45, 7) is 0. The Kier molecular flexibility index (Phi) is 3.76. The van der Waals surface area contributed by atoms with E-state index in [4.69, 9.17) is 0 Å². The first-order valence-electron chi connectivity index (χ1n) is 8.87. The Bertz CT molecular complexity index is 1110. The van der Waals surface area contributed by atoms with Gasteiger partial charge in [-0.05, 0) is 51.4 Å². The van der Waals surface area contributed by atoms with Gasteiger partial charge in [0.15, 0.2) is 0 Å². The maximum Gasteiger partial charge on any atom is 0.0257 e. The molecule has 0 amide bonds. The van der Waals surface area contributed by atoms with Gasteiger partial charge in [0, 0.05) is 10.0 Å². The van der Waals surface area contributed by atoms with Crippen molar-refractivity contribution < 1.29 is 0 Å². The fourth-order valence-corrected chi connectivity index (χ4v) is 4.63. The van der Waals surface area contributed by atoms with E-state index in [-0.39, 0.29) is 0 Å². The van der Waals surface area contributed by atoms with E-state index in [2.05, 4.69) is 107 Å². The van der Waals surface area contributed by atoms with Gasteiger partial charge in [0.2, 0.25) is 0 Å². The molecule has 0 saturated carbocycles. The number of benzene rings is 4. The standard InChI is InChI=1S/C25H17Br/c26-24-15-14-22(23-16-18-10-4-5-12-20(18)25(23)24)21-13-7-6-11-19(21)17-8-2-1-3-9-17/h1-15H,16H2. The second-order valence-corrected chi connectivity index (χ2v) is 7.55. The molecule has 0 aliphatic heterocycles. The number of rotatable bonds is 2. The van der Waals surface area contributed by atoms with Gasteiger partial charge in [-0.2, -0.15) is 0 Å². The average Bonchev–Trinajstić information content (AvgIpc) is 3.09. The van der Waals surface area contributed by atoms with Crippen LogP contribution in [-0.2, 0) is 6.42 Å². The monoisotopic (exact) mass is 396 g/mol. The van der Waals surface area contributed by atoms with Crippen LogP contribution in [0.2, 0.25) is 0 Å². The first kappa shape index (κ1) is 15.6. The minimum absolute atomic E-state index is 0.989. The normalized spacial score (nSPS) is 11.9. The summed E-state index contributed by atoms with van der Waals surface area (Å²) in [6.07, 6.45) is 0.989. The quantitative estimate of drug-likeness (QED) is 0.292. The van der Waals surface area contributed by atoms with Crippen molar-refractivity contribution in [2.24, 2.45) is 0 Å². The van der Waals surface area contributed by atoms with E-state index in [1.54, 1.807) is 0 Å². The lowest BCUT2D eigenvalue weighted by Crippen LogP contribution is -1.91. The zero-order valence-electron chi connectivity index (χ0n) is 14.2. The van der Waals surface area contributed by atoms with Crippen LogP contribution in [0.3, 0.4) is 0 Å². The first-order valence-corrected chi connectivity index (χ1v) is 9.67. The van der Waals surface area contributed by atoms with Gasteiger partial charge in [0.25, 0.3) is 0 Å². The molecule has 0 nitrogen and oxygen atoms in total. The summed E-state index contributed by atoms with van der Waals surface area (Å²) < 4.78 is 1.18. The minimum atomic E-state index is 0.989. The maximum absolute atomic E-state index is 3.79. The van der Waals surface area contributed by atoms with Crippen LogP contribution in [0, 0.1) is 0 Å². The summed E-state index contributed by atoms with van der Waals surface area (Å²) in [5.74, 6) is 0. The number of hydrogen-bond donors (Lipinski definition) is 0. The molecule has 0 aromatic heterocycles. The Morgan fingerprint density at radius 1 is 0.538 bits per heavy atom. The van der Waals surface area contributed by atoms with E-state index in [0.29, 0.717) is 0 Å². The maximum atomic E-state index is 3.79. The van der Waals surface area contributed by atoms with Crippen LogP contribution in [0.1, 0.15) is 11.1 Å². The van der Waals surface area contributed by atoms with Gasteiger partial charge in [0.1, 0.15) is 0 Å². The fraction of sp³-hybridized carbons (Fsp3) is 0.0400. The molecule has 124 valence electrons. The molecule has 0 unspecified atom stereocenters. The zero-order chi connectivity index (χ0) is 17.5. The van der Waals surface area contributed by atoms with E-state index >= 15 is 0 Å². The van der Waals surface area contributed by atoms with E-state index < -0.39 is 0 Å². The molecule has 1 heteroatoms. The molecule has 1 aliphatic rings. The van der Waals surface area contributed by atoms with Gasteiger partial charge in [-0.3, -0.25) is 0 Å². The van der Waals surface area contributed by atoms with Gasteiger partial charge < -0.3 is 0 Å². The molecule has 0 spiro atoms. The molecule has 0 bridgehead atoms. The molecule has 0 fully saturated rings. The van der Waals surface area contributed by atoms with Gasteiger partial charge in [-0.15, -0.1) is 0 Å². The molecule has 5 rings (SSSR count). The van der Waals surface area contributed by atoms with Crippen LogP contribution < -0.4 is 0 Å². The predicted octanol–water partition coefficient (Wildman–Crippen LogP) is 7.35. The van der Waals surface area contributed by atoms with Crippen LogP contribution >= 0.6 is 15.9 Å². The van der Waals surface area contributed by atoms with Crippen molar-refractivity contribution in [2.45, 2.75) is 6.42 Å². The highest BCUT2D eigenvalue weighted by molar-refractivity contribution is 9.10. The largest absolute Gasteiger partial charge is 0.0622 e. The van der Waals surface area contributed by atoms with Crippen molar-refractivity contribution in [1.29, 1.82) is 0 Å². The van der Waals surface area contributed by atoms with Gasteiger partial charge in [-0.1, -0.05) is 101 Å². The third kappa shape index (κ3) is 2.43. The summed E-state index contributed by atoms with van der Waals surface area (Å²) in [7, 11) is 0. The molecule has 1 aliphatic carbocycles. The Labute approximate surface area is 162 Å². The average molecular weight is 397 g/mol. The predicted molar refractivity (Wildman–Crippen MR) is 113 cm³/mol. The van der Waals surface area contributed by atoms with Crippen molar-refractivity contribution >= 4 is 15.9 Å². The summed E-state index contributed by atoms with van der Waals surface area (Å²) in [4.78, 5) is 0. The molecule has 0 saturated heterocycles. The van der Waals surface area contributed by atoms with Crippen molar-refractivity contribution in [3.05, 3.63) is 107 Å². The Morgan fingerprint density at radius 2 is 1.19 bits per heavy atom. The highest BCUT2D eigenvalue weighted by Gasteiger charge is 2.24. The molecule has 26 heavy (non-hydrogen) atoms. The van der Waals surface area contributed by atoms with Crippen molar-refractivity contribution in [2.75, 3.05) is 0 Å². The van der Waals surface area contributed by atoms with Gasteiger partial charge >= 0.3 is 0 Å². The van der Waals surface area contributed by atoms with E-state index in [0.717, 1.165) is 6.42 Å². The lowest BCUT2D eigenvalue weighted by atomic mass is 9.90. The molecule has 0 N–H and O–H groups in total. The number of halogens is 1. The highest BCUT2D eigenvalue weighted by Crippen LogP contribution is 2.46. The SMILES string of the molecule is Brc1ccc(-c2ccccc2-c2ccccc2)c2c1-c1ccccc1C2. The molecular formula is C25H17Br. The topological polar surface area (TPSA) is 0 Å². The third-order valence-electron chi connectivity index (χ3n) is 5.22. The number of fused-ring (bicyclic) bond motifs is 3. The minimum Gasteiger partial charge on any atom is -0.0622 e. The van der Waals surface area contributed by atoms with Crippen LogP contribution in [0.15, 0.2) is 95.5 Å². The van der Waals surface area contributed by atoms with E-state index in [1.807, 2.05) is 0 Å². The summed E-state index contributed by atoms with van der Waals surface area (Å²) >= 11 is 3.79. The van der Waals surface area contributed by atoms with Crippen LogP contribution in [0.25, 0.3) is 33.4 Å². The summed E-state index contributed by atoms with van der Waals surface area (Å²) in [5, 5.41) is 0. The molecule has 4 aromatic carbocycles. The Balaban J connectivity index is 1.76. The van der Waals surface area contributed by atoms with E-state index in [9.17, 15) is 0 Å². The third-order valence-corrected chi connectivity index (χ3v) is 5.88. The lowest BCUT2D eigenvalue weighted by Gasteiger charge is -2.15.